The predicted molar refractivity (Wildman–Crippen MR) is 215 cm³/mol. The molecule has 296 valence electrons. The van der Waals surface area contributed by atoms with Crippen molar-refractivity contribution in [1.29, 1.82) is 0 Å². The van der Waals surface area contributed by atoms with Gasteiger partial charge in [0.15, 0.2) is 6.10 Å². The topological polar surface area (TPSA) is 72.8 Å². The Bertz CT molecular complexity index is 720. The zero-order valence-electron chi connectivity index (χ0n) is 33.7. The number of hydrogen-bond acceptors (Lipinski definition) is 5. The summed E-state index contributed by atoms with van der Waals surface area (Å²) in [4.78, 5) is 24.3. The quantitative estimate of drug-likeness (QED) is 0.0389. The highest BCUT2D eigenvalue weighted by molar-refractivity contribution is 5.70. The molecule has 0 saturated carbocycles. The van der Waals surface area contributed by atoms with Crippen LogP contribution < -0.4 is 0 Å². The summed E-state index contributed by atoms with van der Waals surface area (Å²) in [5.74, 6) is -0.587. The van der Waals surface area contributed by atoms with Crippen LogP contribution in [0.15, 0.2) is 12.2 Å². The van der Waals surface area contributed by atoms with Crippen LogP contribution in [0, 0.1) is 0 Å². The number of ether oxygens (including phenoxy) is 2. The van der Waals surface area contributed by atoms with Gasteiger partial charge in [0.05, 0.1) is 6.61 Å². The van der Waals surface area contributed by atoms with Gasteiger partial charge in [0.1, 0.15) is 6.61 Å². The van der Waals surface area contributed by atoms with Gasteiger partial charge in [-0.1, -0.05) is 206 Å². The Labute approximate surface area is 311 Å². The van der Waals surface area contributed by atoms with Crippen LogP contribution in [-0.4, -0.2) is 36.4 Å². The van der Waals surface area contributed by atoms with E-state index < -0.39 is 6.10 Å². The molecule has 0 aliphatic rings. The van der Waals surface area contributed by atoms with E-state index in [0.717, 1.165) is 38.5 Å². The molecule has 0 rings (SSSR count). The van der Waals surface area contributed by atoms with Crippen LogP contribution in [0.25, 0.3) is 0 Å². The molecule has 0 saturated heterocycles. The van der Waals surface area contributed by atoms with E-state index in [0.29, 0.717) is 12.8 Å². The van der Waals surface area contributed by atoms with E-state index in [1.807, 2.05) is 0 Å². The molecule has 1 unspecified atom stereocenters. The average molecular weight is 707 g/mol. The lowest BCUT2D eigenvalue weighted by Crippen LogP contribution is -2.28. The molecule has 0 aromatic heterocycles. The van der Waals surface area contributed by atoms with Crippen molar-refractivity contribution in [1.82, 2.24) is 0 Å². The molecular formula is C45H86O5. The molecule has 5 heteroatoms. The van der Waals surface area contributed by atoms with E-state index in [9.17, 15) is 14.7 Å². The number of allylic oxidation sites excluding steroid dienone is 2. The Morgan fingerprint density at radius 1 is 0.440 bits per heavy atom. The maximum Gasteiger partial charge on any atom is 0.306 e. The third kappa shape index (κ3) is 39.4. The number of rotatable bonds is 41. The molecule has 1 atom stereocenters. The maximum absolute atomic E-state index is 12.2. The molecular weight excluding hydrogens is 620 g/mol. The van der Waals surface area contributed by atoms with E-state index in [2.05, 4.69) is 26.0 Å². The molecule has 0 aliphatic carbocycles. The average Bonchev–Trinajstić information content (AvgIpc) is 3.12. The molecule has 0 aromatic carbocycles. The number of hydrogen-bond donors (Lipinski definition) is 1. The molecule has 0 fully saturated rings. The van der Waals surface area contributed by atoms with Crippen molar-refractivity contribution in [2.75, 3.05) is 13.2 Å². The minimum absolute atomic E-state index is 0.0629. The van der Waals surface area contributed by atoms with Crippen molar-refractivity contribution in [3.63, 3.8) is 0 Å². The van der Waals surface area contributed by atoms with E-state index in [1.165, 1.54) is 180 Å². The van der Waals surface area contributed by atoms with Gasteiger partial charge in [-0.15, -0.1) is 0 Å². The highest BCUT2D eigenvalue weighted by Gasteiger charge is 2.16. The molecule has 0 aliphatic heterocycles. The third-order valence-electron chi connectivity index (χ3n) is 10.1. The van der Waals surface area contributed by atoms with E-state index in [4.69, 9.17) is 9.47 Å². The lowest BCUT2D eigenvalue weighted by Gasteiger charge is -2.15. The van der Waals surface area contributed by atoms with Gasteiger partial charge < -0.3 is 14.6 Å². The van der Waals surface area contributed by atoms with Gasteiger partial charge in [0.2, 0.25) is 0 Å². The van der Waals surface area contributed by atoms with E-state index >= 15 is 0 Å². The molecule has 0 radical (unpaired) electrons. The first-order valence-electron chi connectivity index (χ1n) is 22.2. The number of carbonyl (C=O) groups is 2. The van der Waals surface area contributed by atoms with Gasteiger partial charge in [-0.25, -0.2) is 0 Å². The minimum atomic E-state index is -0.769. The minimum Gasteiger partial charge on any atom is -0.462 e. The lowest BCUT2D eigenvalue weighted by atomic mass is 10.0. The number of unbranched alkanes of at least 4 members (excludes halogenated alkanes) is 31. The predicted octanol–water partition coefficient (Wildman–Crippen LogP) is 14.1. The molecule has 0 amide bonds. The normalized spacial score (nSPS) is 12.1. The van der Waals surface area contributed by atoms with Crippen LogP contribution in [0.1, 0.15) is 245 Å². The first kappa shape index (κ1) is 48.6. The smallest absolute Gasteiger partial charge is 0.306 e. The van der Waals surface area contributed by atoms with Crippen molar-refractivity contribution < 1.29 is 24.2 Å². The molecule has 0 bridgehead atoms. The third-order valence-corrected chi connectivity index (χ3v) is 10.1. The van der Waals surface area contributed by atoms with Gasteiger partial charge >= 0.3 is 11.9 Å². The van der Waals surface area contributed by atoms with Gasteiger partial charge in [0, 0.05) is 12.8 Å². The van der Waals surface area contributed by atoms with Crippen molar-refractivity contribution in [3.05, 3.63) is 12.2 Å². The first-order chi connectivity index (χ1) is 24.6. The molecule has 0 aromatic rings. The van der Waals surface area contributed by atoms with Crippen molar-refractivity contribution in [2.45, 2.75) is 251 Å². The SMILES string of the molecule is CCCCCCC/C=C\CCCCCCCC(=O)OC(CO)COC(=O)CCCCCCCCCCCCCCCCCCCCCCCC. The van der Waals surface area contributed by atoms with E-state index in [-0.39, 0.29) is 25.2 Å². The van der Waals surface area contributed by atoms with Crippen LogP contribution in [0.2, 0.25) is 0 Å². The van der Waals surface area contributed by atoms with Gasteiger partial charge in [0.25, 0.3) is 0 Å². The Hall–Kier alpha value is -1.36. The summed E-state index contributed by atoms with van der Waals surface area (Å²) >= 11 is 0. The number of aliphatic hydroxyl groups excluding tert-OH is 1. The second-order valence-electron chi connectivity index (χ2n) is 15.1. The van der Waals surface area contributed by atoms with Crippen LogP contribution >= 0.6 is 0 Å². The van der Waals surface area contributed by atoms with Crippen LogP contribution in [0.3, 0.4) is 0 Å². The molecule has 1 N–H and O–H groups in total. The molecule has 5 nitrogen and oxygen atoms in total. The summed E-state index contributed by atoms with van der Waals surface area (Å²) in [7, 11) is 0. The Balaban J connectivity index is 3.46. The molecule has 50 heavy (non-hydrogen) atoms. The number of esters is 2. The summed E-state index contributed by atoms with van der Waals surface area (Å²) in [6.45, 7) is 4.15. The maximum atomic E-state index is 12.2. The highest BCUT2D eigenvalue weighted by Crippen LogP contribution is 2.16. The van der Waals surface area contributed by atoms with Crippen molar-refractivity contribution in [3.8, 4) is 0 Å². The number of aliphatic hydroxyl groups is 1. The fraction of sp³-hybridized carbons (Fsp3) is 0.911. The first-order valence-corrected chi connectivity index (χ1v) is 22.2. The zero-order chi connectivity index (χ0) is 36.4. The summed E-state index contributed by atoms with van der Waals surface area (Å²) in [5, 5.41) is 9.57. The van der Waals surface area contributed by atoms with Gasteiger partial charge in [-0.3, -0.25) is 9.59 Å². The Kier molecular flexibility index (Phi) is 40.9. The second kappa shape index (κ2) is 42.1. The van der Waals surface area contributed by atoms with Crippen molar-refractivity contribution in [2.24, 2.45) is 0 Å². The van der Waals surface area contributed by atoms with Crippen LogP contribution in [0.4, 0.5) is 0 Å². The lowest BCUT2D eigenvalue weighted by molar-refractivity contribution is -0.161. The van der Waals surface area contributed by atoms with Crippen LogP contribution in [0.5, 0.6) is 0 Å². The fourth-order valence-corrected chi connectivity index (χ4v) is 6.67. The van der Waals surface area contributed by atoms with Crippen molar-refractivity contribution >= 4 is 11.9 Å². The molecule has 0 heterocycles. The van der Waals surface area contributed by atoms with E-state index in [1.54, 1.807) is 0 Å². The monoisotopic (exact) mass is 707 g/mol. The standard InChI is InChI=1S/C45H86O5/c1-3-5-7-9-11-13-15-17-19-20-21-22-23-24-25-26-28-29-31-33-35-37-39-44(47)49-42-43(41-46)50-45(48)40-38-36-34-32-30-27-18-16-14-12-10-8-6-4-2/h16,18,43,46H,3-15,17,19-42H2,1-2H3/b18-16-. The fourth-order valence-electron chi connectivity index (χ4n) is 6.67. The highest BCUT2D eigenvalue weighted by atomic mass is 16.6. The zero-order valence-corrected chi connectivity index (χ0v) is 33.7. The number of carbonyl (C=O) groups excluding carboxylic acids is 2. The Morgan fingerprint density at radius 3 is 1.08 bits per heavy atom. The van der Waals surface area contributed by atoms with Gasteiger partial charge in [-0.05, 0) is 38.5 Å². The van der Waals surface area contributed by atoms with Crippen LogP contribution in [-0.2, 0) is 19.1 Å². The Morgan fingerprint density at radius 2 is 0.740 bits per heavy atom. The summed E-state index contributed by atoms with van der Waals surface area (Å²) in [6, 6.07) is 0. The van der Waals surface area contributed by atoms with Gasteiger partial charge in [-0.2, -0.15) is 0 Å². The summed E-state index contributed by atoms with van der Waals surface area (Å²) in [6.07, 6.45) is 48.6. The molecule has 0 spiro atoms. The second-order valence-corrected chi connectivity index (χ2v) is 15.1. The summed E-state index contributed by atoms with van der Waals surface area (Å²) in [5.41, 5.74) is 0. The largest absolute Gasteiger partial charge is 0.462 e. The summed E-state index contributed by atoms with van der Waals surface area (Å²) < 4.78 is 10.6.